The van der Waals surface area contributed by atoms with Crippen LogP contribution in [0, 0.1) is 0 Å². The van der Waals surface area contributed by atoms with Crippen molar-refractivity contribution in [2.24, 2.45) is 0 Å². The van der Waals surface area contributed by atoms with Gasteiger partial charge in [-0.15, -0.1) is 0 Å². The minimum atomic E-state index is -0.0316. The average molecular weight is 221 g/mol. The van der Waals surface area contributed by atoms with E-state index in [0.29, 0.717) is 0 Å². The molecule has 0 saturated heterocycles. The molecule has 1 rings (SSSR count). The van der Waals surface area contributed by atoms with Crippen LogP contribution in [0.4, 0.5) is 16.2 Å². The monoisotopic (exact) mass is 221 g/mol. The Morgan fingerprint density at radius 2 is 1.56 bits per heavy atom. The van der Waals surface area contributed by atoms with Gasteiger partial charge in [0.2, 0.25) is 0 Å². The highest BCUT2D eigenvalue weighted by Crippen LogP contribution is 2.20. The number of hydrogen-bond donors (Lipinski definition) is 0. The fourth-order valence-electron chi connectivity index (χ4n) is 1.39. The van der Waals surface area contributed by atoms with Crippen LogP contribution in [0.25, 0.3) is 0 Å². The number of amides is 2. The maximum atomic E-state index is 11.8. The molecule has 0 heterocycles. The van der Waals surface area contributed by atoms with E-state index >= 15 is 0 Å². The molecular formula is C12H19N3O. The van der Waals surface area contributed by atoms with Crippen LogP contribution in [-0.4, -0.2) is 46.2 Å². The maximum absolute atomic E-state index is 11.8. The van der Waals surface area contributed by atoms with Gasteiger partial charge in [0, 0.05) is 46.6 Å². The zero-order valence-corrected chi connectivity index (χ0v) is 10.6. The van der Waals surface area contributed by atoms with Crippen LogP contribution >= 0.6 is 0 Å². The van der Waals surface area contributed by atoms with Gasteiger partial charge in [-0.2, -0.15) is 0 Å². The molecule has 0 bridgehead atoms. The zero-order valence-electron chi connectivity index (χ0n) is 10.6. The fourth-order valence-corrected chi connectivity index (χ4v) is 1.39. The van der Waals surface area contributed by atoms with E-state index in [2.05, 4.69) is 0 Å². The number of nitrogens with zero attached hydrogens (tertiary/aromatic N) is 3. The van der Waals surface area contributed by atoms with E-state index in [4.69, 9.17) is 0 Å². The molecule has 0 unspecified atom stereocenters. The lowest BCUT2D eigenvalue weighted by Gasteiger charge is -2.23. The second-order valence-electron chi connectivity index (χ2n) is 4.15. The predicted octanol–water partition coefficient (Wildman–Crippen LogP) is 1.87. The van der Waals surface area contributed by atoms with Gasteiger partial charge in [-0.3, -0.25) is 4.90 Å². The molecule has 0 fully saturated rings. The number of urea groups is 1. The lowest BCUT2D eigenvalue weighted by Crippen LogP contribution is -2.36. The van der Waals surface area contributed by atoms with E-state index < -0.39 is 0 Å². The molecule has 0 saturated carbocycles. The summed E-state index contributed by atoms with van der Waals surface area (Å²) >= 11 is 0. The third-order valence-corrected chi connectivity index (χ3v) is 2.40. The van der Waals surface area contributed by atoms with Gasteiger partial charge in [-0.05, 0) is 18.2 Å². The third kappa shape index (κ3) is 2.66. The normalized spacial score (nSPS) is 9.81. The van der Waals surface area contributed by atoms with Crippen molar-refractivity contribution in [2.75, 3.05) is 45.0 Å². The highest BCUT2D eigenvalue weighted by atomic mass is 16.2. The minimum absolute atomic E-state index is 0.0316. The quantitative estimate of drug-likeness (QED) is 0.762. The van der Waals surface area contributed by atoms with Crippen LogP contribution in [0.5, 0.6) is 0 Å². The Hall–Kier alpha value is -1.71. The highest BCUT2D eigenvalue weighted by Gasteiger charge is 2.12. The van der Waals surface area contributed by atoms with Crippen molar-refractivity contribution < 1.29 is 4.79 Å². The second-order valence-corrected chi connectivity index (χ2v) is 4.15. The Balaban J connectivity index is 2.96. The summed E-state index contributed by atoms with van der Waals surface area (Å²) in [4.78, 5) is 17.0. The van der Waals surface area contributed by atoms with Crippen LogP contribution in [0.15, 0.2) is 24.3 Å². The van der Waals surface area contributed by atoms with Gasteiger partial charge in [0.15, 0.2) is 0 Å². The van der Waals surface area contributed by atoms with Crippen molar-refractivity contribution in [3.63, 3.8) is 0 Å². The van der Waals surface area contributed by atoms with Gasteiger partial charge in [0.25, 0.3) is 0 Å². The number of carbonyl (C=O) groups excluding carboxylic acids is 1. The molecule has 4 nitrogen and oxygen atoms in total. The first kappa shape index (κ1) is 12.4. The fraction of sp³-hybridized carbons (Fsp3) is 0.417. The average Bonchev–Trinajstić information content (AvgIpc) is 2.27. The molecule has 16 heavy (non-hydrogen) atoms. The first-order chi connectivity index (χ1) is 7.43. The SMILES string of the molecule is CN(C)C(=O)N(C)c1cccc(N(C)C)c1. The van der Waals surface area contributed by atoms with Crippen molar-refractivity contribution in [3.8, 4) is 0 Å². The van der Waals surface area contributed by atoms with Crippen molar-refractivity contribution >= 4 is 17.4 Å². The minimum Gasteiger partial charge on any atom is -0.378 e. The molecule has 0 spiro atoms. The van der Waals surface area contributed by atoms with Crippen LogP contribution in [0.2, 0.25) is 0 Å². The smallest absolute Gasteiger partial charge is 0.323 e. The molecule has 0 aliphatic carbocycles. The summed E-state index contributed by atoms with van der Waals surface area (Å²) < 4.78 is 0. The van der Waals surface area contributed by atoms with Crippen molar-refractivity contribution in [1.82, 2.24) is 4.90 Å². The van der Waals surface area contributed by atoms with Crippen LogP contribution in [-0.2, 0) is 0 Å². The molecule has 0 aliphatic rings. The van der Waals surface area contributed by atoms with Gasteiger partial charge < -0.3 is 9.80 Å². The van der Waals surface area contributed by atoms with E-state index in [9.17, 15) is 4.79 Å². The lowest BCUT2D eigenvalue weighted by atomic mass is 10.2. The summed E-state index contributed by atoms with van der Waals surface area (Å²) in [5.74, 6) is 0. The van der Waals surface area contributed by atoms with E-state index in [-0.39, 0.29) is 6.03 Å². The molecule has 2 amide bonds. The van der Waals surface area contributed by atoms with Gasteiger partial charge >= 0.3 is 6.03 Å². The van der Waals surface area contributed by atoms with E-state index in [1.54, 1.807) is 30.9 Å². The largest absolute Gasteiger partial charge is 0.378 e. The Labute approximate surface area is 97.1 Å². The number of rotatable bonds is 2. The molecule has 0 aliphatic heterocycles. The lowest BCUT2D eigenvalue weighted by molar-refractivity contribution is 0.225. The standard InChI is InChI=1S/C12H19N3O/c1-13(2)10-7-6-8-11(9-10)15(5)12(16)14(3)4/h6-9H,1-5H3. The summed E-state index contributed by atoms with van der Waals surface area (Å²) in [6, 6.07) is 7.84. The number of hydrogen-bond acceptors (Lipinski definition) is 2. The van der Waals surface area contributed by atoms with Gasteiger partial charge in [-0.25, -0.2) is 4.79 Å². The van der Waals surface area contributed by atoms with Crippen molar-refractivity contribution in [1.29, 1.82) is 0 Å². The molecule has 1 aromatic rings. The van der Waals surface area contributed by atoms with Crippen molar-refractivity contribution in [2.45, 2.75) is 0 Å². The Morgan fingerprint density at radius 1 is 1.00 bits per heavy atom. The Bertz CT molecular complexity index is 374. The summed E-state index contributed by atoms with van der Waals surface area (Å²) in [5.41, 5.74) is 1.97. The molecule has 0 radical (unpaired) electrons. The Morgan fingerprint density at radius 3 is 2.06 bits per heavy atom. The highest BCUT2D eigenvalue weighted by molar-refractivity contribution is 5.91. The van der Waals surface area contributed by atoms with Gasteiger partial charge in [0.05, 0.1) is 0 Å². The summed E-state index contributed by atoms with van der Waals surface area (Å²) in [7, 11) is 9.22. The molecular weight excluding hydrogens is 202 g/mol. The van der Waals surface area contributed by atoms with E-state index in [0.717, 1.165) is 11.4 Å². The van der Waals surface area contributed by atoms with Crippen LogP contribution in [0.3, 0.4) is 0 Å². The maximum Gasteiger partial charge on any atom is 0.323 e. The van der Waals surface area contributed by atoms with Crippen LogP contribution in [0.1, 0.15) is 0 Å². The molecule has 0 N–H and O–H groups in total. The Kier molecular flexibility index (Phi) is 3.77. The number of carbonyl (C=O) groups is 1. The first-order valence-electron chi connectivity index (χ1n) is 5.16. The van der Waals surface area contributed by atoms with E-state index in [1.165, 1.54) is 0 Å². The molecule has 88 valence electrons. The van der Waals surface area contributed by atoms with Crippen molar-refractivity contribution in [3.05, 3.63) is 24.3 Å². The van der Waals surface area contributed by atoms with Gasteiger partial charge in [-0.1, -0.05) is 6.07 Å². The summed E-state index contributed by atoms with van der Waals surface area (Å²) in [5, 5.41) is 0. The van der Waals surface area contributed by atoms with Gasteiger partial charge in [0.1, 0.15) is 0 Å². The predicted molar refractivity (Wildman–Crippen MR) is 68.3 cm³/mol. The molecule has 1 aromatic carbocycles. The second kappa shape index (κ2) is 4.88. The van der Waals surface area contributed by atoms with Crippen LogP contribution < -0.4 is 9.80 Å². The van der Waals surface area contributed by atoms with E-state index in [1.807, 2.05) is 43.3 Å². The zero-order chi connectivity index (χ0) is 12.3. The first-order valence-corrected chi connectivity index (χ1v) is 5.16. The summed E-state index contributed by atoms with van der Waals surface area (Å²) in [6.45, 7) is 0. The number of anilines is 2. The third-order valence-electron chi connectivity index (χ3n) is 2.40. The molecule has 4 heteroatoms. The topological polar surface area (TPSA) is 26.8 Å². The number of benzene rings is 1. The summed E-state index contributed by atoms with van der Waals surface area (Å²) in [6.07, 6.45) is 0. The molecule has 0 atom stereocenters. The molecule has 0 aromatic heterocycles.